The van der Waals surface area contributed by atoms with Crippen LogP contribution in [0.15, 0.2) is 33.3 Å². The van der Waals surface area contributed by atoms with E-state index < -0.39 is 0 Å². The summed E-state index contributed by atoms with van der Waals surface area (Å²) in [7, 11) is 2.06. The number of nitrogens with zero attached hydrogens (tertiary/aromatic N) is 1. The first-order valence-electron chi connectivity index (χ1n) is 7.19. The van der Waals surface area contributed by atoms with Crippen molar-refractivity contribution in [2.75, 3.05) is 13.6 Å². The molecule has 0 spiro atoms. The lowest BCUT2D eigenvalue weighted by Gasteiger charge is -2.12. The molecule has 2 aromatic rings. The molecule has 0 atom stereocenters. The molecule has 2 heterocycles. The molecule has 0 amide bonds. The molecule has 2 rings (SSSR count). The van der Waals surface area contributed by atoms with Crippen LogP contribution in [0.3, 0.4) is 0 Å². The van der Waals surface area contributed by atoms with E-state index in [-0.39, 0.29) is 0 Å². The quantitative estimate of drug-likeness (QED) is 0.751. The highest BCUT2D eigenvalue weighted by molar-refractivity contribution is 5.20. The zero-order valence-corrected chi connectivity index (χ0v) is 12.6. The molecule has 0 aliphatic heterocycles. The Morgan fingerprint density at radius 1 is 1.25 bits per heavy atom. The van der Waals surface area contributed by atoms with Gasteiger partial charge >= 0.3 is 0 Å². The molecule has 0 aromatic carbocycles. The average molecular weight is 276 g/mol. The van der Waals surface area contributed by atoms with Crippen molar-refractivity contribution >= 4 is 0 Å². The summed E-state index contributed by atoms with van der Waals surface area (Å²) in [6.45, 7) is 7.67. The van der Waals surface area contributed by atoms with Gasteiger partial charge in [0.25, 0.3) is 0 Å². The average Bonchev–Trinajstić information content (AvgIpc) is 3.00. The predicted molar refractivity (Wildman–Crippen MR) is 79.3 cm³/mol. The van der Waals surface area contributed by atoms with E-state index in [1.807, 2.05) is 12.1 Å². The van der Waals surface area contributed by atoms with Gasteiger partial charge in [-0.25, -0.2) is 0 Å². The third-order valence-corrected chi connectivity index (χ3v) is 3.22. The van der Waals surface area contributed by atoms with Crippen molar-refractivity contribution in [3.8, 4) is 0 Å². The SMILES string of the molecule is CCCNCc1oc(CN(C)Cc2ccco2)cc1C. The van der Waals surface area contributed by atoms with E-state index in [0.717, 1.165) is 49.9 Å². The molecule has 110 valence electrons. The van der Waals surface area contributed by atoms with Gasteiger partial charge in [-0.3, -0.25) is 4.90 Å². The summed E-state index contributed by atoms with van der Waals surface area (Å²) in [5, 5.41) is 3.37. The van der Waals surface area contributed by atoms with Crippen LogP contribution in [0, 0.1) is 6.92 Å². The highest BCUT2D eigenvalue weighted by Gasteiger charge is 2.10. The Morgan fingerprint density at radius 2 is 2.05 bits per heavy atom. The van der Waals surface area contributed by atoms with Crippen molar-refractivity contribution in [2.24, 2.45) is 0 Å². The number of rotatable bonds is 8. The van der Waals surface area contributed by atoms with Crippen molar-refractivity contribution in [1.82, 2.24) is 10.2 Å². The Morgan fingerprint density at radius 3 is 2.75 bits per heavy atom. The van der Waals surface area contributed by atoms with Crippen molar-refractivity contribution in [3.05, 3.63) is 47.3 Å². The van der Waals surface area contributed by atoms with Gasteiger partial charge in [0.15, 0.2) is 0 Å². The van der Waals surface area contributed by atoms with Gasteiger partial charge in [-0.15, -0.1) is 0 Å². The Hall–Kier alpha value is -1.52. The van der Waals surface area contributed by atoms with Crippen molar-refractivity contribution in [3.63, 3.8) is 0 Å². The van der Waals surface area contributed by atoms with Crippen LogP contribution < -0.4 is 5.32 Å². The summed E-state index contributed by atoms with van der Waals surface area (Å²) >= 11 is 0. The summed E-state index contributed by atoms with van der Waals surface area (Å²) in [4.78, 5) is 2.18. The molecule has 0 aliphatic rings. The second kappa shape index (κ2) is 7.31. The van der Waals surface area contributed by atoms with Crippen molar-refractivity contribution < 1.29 is 8.83 Å². The zero-order valence-electron chi connectivity index (χ0n) is 12.6. The summed E-state index contributed by atoms with van der Waals surface area (Å²) in [6, 6.07) is 6.03. The van der Waals surface area contributed by atoms with Crippen LogP contribution in [0.1, 0.15) is 36.2 Å². The Bertz CT molecular complexity index is 503. The van der Waals surface area contributed by atoms with E-state index in [1.54, 1.807) is 6.26 Å². The maximum Gasteiger partial charge on any atom is 0.120 e. The van der Waals surface area contributed by atoms with E-state index in [4.69, 9.17) is 8.83 Å². The monoisotopic (exact) mass is 276 g/mol. The van der Waals surface area contributed by atoms with Crippen LogP contribution in [-0.2, 0) is 19.6 Å². The molecule has 20 heavy (non-hydrogen) atoms. The van der Waals surface area contributed by atoms with Crippen LogP contribution in [0.2, 0.25) is 0 Å². The van der Waals surface area contributed by atoms with Gasteiger partial charge < -0.3 is 14.2 Å². The zero-order chi connectivity index (χ0) is 14.4. The van der Waals surface area contributed by atoms with Crippen LogP contribution in [0.4, 0.5) is 0 Å². The molecule has 0 bridgehead atoms. The fourth-order valence-corrected chi connectivity index (χ4v) is 2.21. The Kier molecular flexibility index (Phi) is 5.44. The van der Waals surface area contributed by atoms with Gasteiger partial charge in [0.2, 0.25) is 0 Å². The van der Waals surface area contributed by atoms with Gasteiger partial charge in [0, 0.05) is 0 Å². The molecule has 0 saturated heterocycles. The van der Waals surface area contributed by atoms with Crippen molar-refractivity contribution in [1.29, 1.82) is 0 Å². The third-order valence-electron chi connectivity index (χ3n) is 3.22. The lowest BCUT2D eigenvalue weighted by molar-refractivity contribution is 0.261. The Labute approximate surface area is 120 Å². The van der Waals surface area contributed by atoms with E-state index >= 15 is 0 Å². The first-order valence-corrected chi connectivity index (χ1v) is 7.19. The maximum atomic E-state index is 5.92. The van der Waals surface area contributed by atoms with Gasteiger partial charge in [-0.2, -0.15) is 0 Å². The molecule has 0 unspecified atom stereocenters. The van der Waals surface area contributed by atoms with Crippen LogP contribution >= 0.6 is 0 Å². The predicted octanol–water partition coefficient (Wildman–Crippen LogP) is 3.31. The number of furan rings is 2. The molecular formula is C16H24N2O2. The molecule has 1 N–H and O–H groups in total. The number of aryl methyl sites for hydroxylation is 1. The number of nitrogens with one attached hydrogen (secondary N) is 1. The standard InChI is InChI=1S/C16H24N2O2/c1-4-7-17-10-16-13(2)9-15(20-16)12-18(3)11-14-6-5-8-19-14/h5-6,8-9,17H,4,7,10-12H2,1-3H3. The van der Waals surface area contributed by atoms with E-state index in [2.05, 4.69) is 37.2 Å². The largest absolute Gasteiger partial charge is 0.468 e. The smallest absolute Gasteiger partial charge is 0.120 e. The summed E-state index contributed by atoms with van der Waals surface area (Å²) in [5.41, 5.74) is 1.22. The van der Waals surface area contributed by atoms with E-state index in [1.165, 1.54) is 5.56 Å². The molecule has 4 nitrogen and oxygen atoms in total. The topological polar surface area (TPSA) is 41.6 Å². The summed E-state index contributed by atoms with van der Waals surface area (Å²) < 4.78 is 11.3. The third kappa shape index (κ3) is 4.25. The van der Waals surface area contributed by atoms with Gasteiger partial charge in [0.1, 0.15) is 17.3 Å². The minimum atomic E-state index is 0.787. The van der Waals surface area contributed by atoms with E-state index in [0.29, 0.717) is 0 Å². The van der Waals surface area contributed by atoms with Gasteiger partial charge in [-0.1, -0.05) is 6.92 Å². The minimum absolute atomic E-state index is 0.787. The normalized spacial score (nSPS) is 11.4. The van der Waals surface area contributed by atoms with Crippen LogP contribution in [0.25, 0.3) is 0 Å². The van der Waals surface area contributed by atoms with Gasteiger partial charge in [-0.05, 0) is 50.7 Å². The number of hydrogen-bond donors (Lipinski definition) is 1. The fraction of sp³-hybridized carbons (Fsp3) is 0.500. The molecule has 0 aliphatic carbocycles. The van der Waals surface area contributed by atoms with Crippen molar-refractivity contribution in [2.45, 2.75) is 39.9 Å². The number of hydrogen-bond acceptors (Lipinski definition) is 4. The lowest BCUT2D eigenvalue weighted by Crippen LogP contribution is -2.16. The highest BCUT2D eigenvalue weighted by Crippen LogP contribution is 2.17. The fourth-order valence-electron chi connectivity index (χ4n) is 2.21. The molecule has 2 aromatic heterocycles. The molecule has 4 heteroatoms. The summed E-state index contributed by atoms with van der Waals surface area (Å²) in [5.74, 6) is 3.02. The lowest BCUT2D eigenvalue weighted by atomic mass is 10.2. The first kappa shape index (κ1) is 14.9. The molecule has 0 radical (unpaired) electrons. The van der Waals surface area contributed by atoms with Crippen LogP contribution in [0.5, 0.6) is 0 Å². The van der Waals surface area contributed by atoms with Crippen LogP contribution in [-0.4, -0.2) is 18.5 Å². The second-order valence-electron chi connectivity index (χ2n) is 5.25. The first-order chi connectivity index (χ1) is 9.69. The minimum Gasteiger partial charge on any atom is -0.468 e. The Balaban J connectivity index is 1.87. The molecular weight excluding hydrogens is 252 g/mol. The highest BCUT2D eigenvalue weighted by atomic mass is 16.3. The van der Waals surface area contributed by atoms with Gasteiger partial charge in [0.05, 0.1) is 25.9 Å². The summed E-state index contributed by atoms with van der Waals surface area (Å²) in [6.07, 6.45) is 2.84. The molecule has 0 saturated carbocycles. The molecule has 0 fully saturated rings. The second-order valence-corrected chi connectivity index (χ2v) is 5.25. The van der Waals surface area contributed by atoms with E-state index in [9.17, 15) is 0 Å². The maximum absolute atomic E-state index is 5.92.